The topological polar surface area (TPSA) is 73.7 Å². The number of pyridine rings is 1. The second kappa shape index (κ2) is 6.96. The molecule has 0 bridgehead atoms. The Morgan fingerprint density at radius 1 is 1.23 bits per heavy atom. The van der Waals surface area contributed by atoms with Crippen molar-refractivity contribution in [2.24, 2.45) is 5.41 Å². The van der Waals surface area contributed by atoms with E-state index in [1.165, 1.54) is 12.3 Å². The van der Waals surface area contributed by atoms with E-state index in [-0.39, 0.29) is 11.6 Å². The summed E-state index contributed by atoms with van der Waals surface area (Å²) >= 11 is 5.95. The number of aromatic nitrogens is 1. The highest BCUT2D eigenvalue weighted by Crippen LogP contribution is 2.39. The van der Waals surface area contributed by atoms with Crippen LogP contribution in [0.25, 0.3) is 0 Å². The van der Waals surface area contributed by atoms with E-state index >= 15 is 0 Å². The number of carboxylic acids is 1. The fraction of sp³-hybridized carbons (Fsp3) is 0.316. The van der Waals surface area contributed by atoms with E-state index in [2.05, 4.69) is 4.98 Å². The zero-order valence-electron chi connectivity index (χ0n) is 14.6. The highest BCUT2D eigenvalue weighted by molar-refractivity contribution is 6.30. The molecular formula is C19H20ClN3O3. The first-order valence-corrected chi connectivity index (χ1v) is 8.59. The molecule has 2 heterocycles. The van der Waals surface area contributed by atoms with Gasteiger partial charge in [-0.2, -0.15) is 0 Å². The minimum absolute atomic E-state index is 0.00311. The van der Waals surface area contributed by atoms with E-state index in [0.717, 1.165) is 11.3 Å². The number of halogens is 1. The molecule has 1 aliphatic rings. The molecule has 0 saturated carbocycles. The van der Waals surface area contributed by atoms with Crippen LogP contribution in [-0.2, 0) is 11.2 Å². The van der Waals surface area contributed by atoms with Crippen LogP contribution in [0, 0.1) is 5.41 Å². The average Bonchev–Trinajstić information content (AvgIpc) is 2.59. The largest absolute Gasteiger partial charge is 0.477 e. The summed E-state index contributed by atoms with van der Waals surface area (Å²) in [5, 5.41) is 9.77. The van der Waals surface area contributed by atoms with Crippen LogP contribution in [0.2, 0.25) is 5.02 Å². The van der Waals surface area contributed by atoms with Gasteiger partial charge in [-0.25, -0.2) is 9.78 Å². The van der Waals surface area contributed by atoms with Gasteiger partial charge in [-0.15, -0.1) is 0 Å². The number of hydrogen-bond donors (Lipinski definition) is 1. The van der Waals surface area contributed by atoms with Crippen LogP contribution in [0.4, 0.5) is 5.69 Å². The Morgan fingerprint density at radius 2 is 1.88 bits per heavy atom. The first kappa shape index (κ1) is 18.2. The summed E-state index contributed by atoms with van der Waals surface area (Å²) in [6.07, 6.45) is 2.08. The molecule has 1 aromatic carbocycles. The molecule has 1 saturated heterocycles. The first-order valence-electron chi connectivity index (χ1n) is 8.21. The van der Waals surface area contributed by atoms with Crippen LogP contribution in [0.15, 0.2) is 42.6 Å². The standard InChI is InChI=1S/C19H20ClN3O3/c1-22(2)18(26)19(10-13-3-5-14(20)6-4-13)11-23(12-19)15-7-8-21-16(9-15)17(24)25/h3-9H,10-12H2,1-2H3,(H,24,25). The molecule has 1 aromatic heterocycles. The summed E-state index contributed by atoms with van der Waals surface area (Å²) < 4.78 is 0. The maximum absolute atomic E-state index is 12.8. The van der Waals surface area contributed by atoms with E-state index < -0.39 is 11.4 Å². The van der Waals surface area contributed by atoms with E-state index in [1.807, 2.05) is 29.2 Å². The highest BCUT2D eigenvalue weighted by Gasteiger charge is 2.50. The molecule has 1 amide bonds. The van der Waals surface area contributed by atoms with Gasteiger partial charge in [-0.1, -0.05) is 23.7 Å². The lowest BCUT2D eigenvalue weighted by Gasteiger charge is -2.51. The van der Waals surface area contributed by atoms with Gasteiger partial charge < -0.3 is 14.9 Å². The van der Waals surface area contributed by atoms with Crippen molar-refractivity contribution in [3.8, 4) is 0 Å². The van der Waals surface area contributed by atoms with Crippen molar-refractivity contribution in [1.82, 2.24) is 9.88 Å². The van der Waals surface area contributed by atoms with Crippen molar-refractivity contribution in [1.29, 1.82) is 0 Å². The van der Waals surface area contributed by atoms with Gasteiger partial charge in [-0.3, -0.25) is 4.79 Å². The quantitative estimate of drug-likeness (QED) is 0.872. The smallest absolute Gasteiger partial charge is 0.354 e. The third kappa shape index (κ3) is 3.51. The average molecular weight is 374 g/mol. The number of nitrogens with zero attached hydrogens (tertiary/aromatic N) is 3. The van der Waals surface area contributed by atoms with Crippen LogP contribution >= 0.6 is 11.6 Å². The maximum atomic E-state index is 12.8. The van der Waals surface area contributed by atoms with Crippen LogP contribution in [-0.4, -0.2) is 54.1 Å². The van der Waals surface area contributed by atoms with Crippen molar-refractivity contribution in [2.75, 3.05) is 32.1 Å². The molecule has 26 heavy (non-hydrogen) atoms. The summed E-state index contributed by atoms with van der Waals surface area (Å²) in [6.45, 7) is 1.05. The van der Waals surface area contributed by atoms with Gasteiger partial charge in [-0.05, 0) is 36.2 Å². The predicted octanol–water partition coefficient (Wildman–Crippen LogP) is 2.57. The number of hydrogen-bond acceptors (Lipinski definition) is 4. The minimum Gasteiger partial charge on any atom is -0.477 e. The summed E-state index contributed by atoms with van der Waals surface area (Å²) in [7, 11) is 3.51. The lowest BCUT2D eigenvalue weighted by atomic mass is 9.73. The van der Waals surface area contributed by atoms with Crippen molar-refractivity contribution >= 4 is 29.2 Å². The number of carbonyl (C=O) groups is 2. The van der Waals surface area contributed by atoms with Gasteiger partial charge in [0.2, 0.25) is 5.91 Å². The molecule has 6 nitrogen and oxygen atoms in total. The Kier molecular flexibility index (Phi) is 4.87. The zero-order valence-corrected chi connectivity index (χ0v) is 15.4. The third-order valence-corrected chi connectivity index (χ3v) is 4.88. The lowest BCUT2D eigenvalue weighted by Crippen LogP contribution is -2.64. The third-order valence-electron chi connectivity index (χ3n) is 4.63. The minimum atomic E-state index is -1.07. The van der Waals surface area contributed by atoms with Gasteiger partial charge in [0.15, 0.2) is 0 Å². The summed E-state index contributed by atoms with van der Waals surface area (Å²) in [5.74, 6) is -1.000. The van der Waals surface area contributed by atoms with E-state index in [4.69, 9.17) is 16.7 Å². The Balaban J connectivity index is 1.82. The predicted molar refractivity (Wildman–Crippen MR) is 99.7 cm³/mol. The molecule has 0 atom stereocenters. The molecule has 1 aliphatic heterocycles. The molecule has 3 rings (SSSR count). The van der Waals surface area contributed by atoms with Gasteiger partial charge >= 0.3 is 5.97 Å². The molecule has 0 aliphatic carbocycles. The Labute approximate surface area is 157 Å². The second-order valence-corrected chi connectivity index (χ2v) is 7.28. The Morgan fingerprint density at radius 3 is 2.46 bits per heavy atom. The van der Waals surface area contributed by atoms with E-state index in [0.29, 0.717) is 24.5 Å². The monoisotopic (exact) mass is 373 g/mol. The van der Waals surface area contributed by atoms with Gasteiger partial charge in [0.25, 0.3) is 0 Å². The van der Waals surface area contributed by atoms with Crippen LogP contribution in [0.1, 0.15) is 16.1 Å². The fourth-order valence-corrected chi connectivity index (χ4v) is 3.52. The molecule has 1 N–H and O–H groups in total. The van der Waals surface area contributed by atoms with Crippen LogP contribution < -0.4 is 4.90 Å². The summed E-state index contributed by atoms with van der Waals surface area (Å²) in [4.78, 5) is 31.4. The van der Waals surface area contributed by atoms with Crippen LogP contribution in [0.5, 0.6) is 0 Å². The van der Waals surface area contributed by atoms with E-state index in [9.17, 15) is 9.59 Å². The molecule has 0 spiro atoms. The van der Waals surface area contributed by atoms with Crippen molar-refractivity contribution in [3.05, 3.63) is 58.9 Å². The number of benzene rings is 1. The molecule has 136 valence electrons. The second-order valence-electron chi connectivity index (χ2n) is 6.84. The van der Waals surface area contributed by atoms with Crippen LogP contribution in [0.3, 0.4) is 0 Å². The normalized spacial score (nSPS) is 15.3. The van der Waals surface area contributed by atoms with Gasteiger partial charge in [0.1, 0.15) is 5.69 Å². The Hall–Kier alpha value is -2.60. The van der Waals surface area contributed by atoms with Gasteiger partial charge in [0.05, 0.1) is 5.41 Å². The molecule has 0 unspecified atom stereocenters. The highest BCUT2D eigenvalue weighted by atomic mass is 35.5. The number of amides is 1. The molecule has 1 fully saturated rings. The molecule has 2 aromatic rings. The lowest BCUT2D eigenvalue weighted by molar-refractivity contribution is -0.141. The maximum Gasteiger partial charge on any atom is 0.354 e. The van der Waals surface area contributed by atoms with E-state index in [1.54, 1.807) is 25.1 Å². The Bertz CT molecular complexity index is 830. The SMILES string of the molecule is CN(C)C(=O)C1(Cc2ccc(Cl)cc2)CN(c2ccnc(C(=O)O)c2)C1. The van der Waals surface area contributed by atoms with Gasteiger partial charge in [0, 0.05) is 44.1 Å². The summed E-state index contributed by atoms with van der Waals surface area (Å²) in [6, 6.07) is 10.8. The first-order chi connectivity index (χ1) is 12.3. The number of rotatable bonds is 5. The van der Waals surface area contributed by atoms with Crippen molar-refractivity contribution in [3.63, 3.8) is 0 Å². The fourth-order valence-electron chi connectivity index (χ4n) is 3.39. The summed E-state index contributed by atoms with van der Waals surface area (Å²) in [5.41, 5.74) is 1.27. The molecular weight excluding hydrogens is 354 g/mol. The number of aromatic carboxylic acids is 1. The zero-order chi connectivity index (χ0) is 18.9. The van der Waals surface area contributed by atoms with Crippen molar-refractivity contribution < 1.29 is 14.7 Å². The molecule has 0 radical (unpaired) electrons. The molecule has 7 heteroatoms. The van der Waals surface area contributed by atoms with Crippen molar-refractivity contribution in [2.45, 2.75) is 6.42 Å². The number of anilines is 1. The number of carbonyl (C=O) groups excluding carboxylic acids is 1. The number of carboxylic acid groups (broad SMARTS) is 1.